The predicted molar refractivity (Wildman–Crippen MR) is 101 cm³/mol. The number of carbonyl (C=O) groups is 2. The van der Waals surface area contributed by atoms with Crippen molar-refractivity contribution in [2.24, 2.45) is 4.99 Å². The number of aliphatic imine (C=N–C) groups is 1. The zero-order chi connectivity index (χ0) is 19.3. The number of aliphatic carboxylic acids is 2. The summed E-state index contributed by atoms with van der Waals surface area (Å²) in [5, 5.41) is 20.6. The molecule has 0 aromatic heterocycles. The molecule has 0 aliphatic carbocycles. The maximum absolute atomic E-state index is 10.6. The summed E-state index contributed by atoms with van der Waals surface area (Å²) in [5.74, 6) is -1.67. The smallest absolute Gasteiger partial charge is 1.00 e. The molecule has 0 fully saturated rings. The molecule has 0 aromatic rings. The van der Waals surface area contributed by atoms with Crippen LogP contribution >= 0.6 is 0 Å². The molecule has 0 radical (unpaired) electrons. The molecule has 0 spiro atoms. The van der Waals surface area contributed by atoms with Crippen molar-refractivity contribution in [3.8, 4) is 0 Å². The summed E-state index contributed by atoms with van der Waals surface area (Å²) in [7, 11) is 0. The minimum absolute atomic E-state index is 0. The van der Waals surface area contributed by atoms with E-state index in [0.29, 0.717) is 0 Å². The Labute approximate surface area is 198 Å². The summed E-state index contributed by atoms with van der Waals surface area (Å²) >= 11 is 0.795. The molecule has 142 valence electrons. The molecule has 1 heterocycles. The van der Waals surface area contributed by atoms with E-state index in [-0.39, 0.29) is 32.7 Å². The van der Waals surface area contributed by atoms with Gasteiger partial charge in [0.1, 0.15) is 0 Å². The standard InChI is InChI=1S/C13H25O2.C3H6N2.C2H4O2.2Na/c1-2-3-4-5-6-7-8-9-10-11-12-13(14)15;1-2-5-3-4-1;1-2(3)4;;/h12H,2-11H2,1H3,(H,14,15);3H,1-2H2,(H,4,5);1H3,(H,3,4);;/q;;;;+1/p-1. The fraction of sp³-hybridized carbons (Fsp3) is 0.833. The van der Waals surface area contributed by atoms with Crippen molar-refractivity contribution < 1.29 is 49.4 Å². The van der Waals surface area contributed by atoms with Crippen LogP contribution in [0.15, 0.2) is 4.99 Å². The monoisotopic (exact) mass is 388 g/mol. The van der Waals surface area contributed by atoms with Crippen LogP contribution in [-0.4, -0.2) is 64.4 Å². The van der Waals surface area contributed by atoms with Gasteiger partial charge in [-0.15, -0.1) is 0 Å². The number of nitrogens with zero attached hydrogens (tertiary/aromatic N) is 1. The zero-order valence-corrected chi connectivity index (χ0v) is 21.3. The minimum Gasteiger partial charge on any atom is 1.00 e. The van der Waals surface area contributed by atoms with E-state index in [1.807, 2.05) is 0 Å². The molecule has 1 aliphatic rings. The van der Waals surface area contributed by atoms with Gasteiger partial charge in [-0.25, -0.2) is 0 Å². The van der Waals surface area contributed by atoms with E-state index in [2.05, 4.69) is 17.2 Å². The normalized spacial score (nSPS) is 12.5. The molecule has 1 atom stereocenters. The third-order valence-electron chi connectivity index (χ3n) is 3.73. The molecule has 0 aromatic carbocycles. The summed E-state index contributed by atoms with van der Waals surface area (Å²) in [6, 6.07) is 0. The van der Waals surface area contributed by atoms with Crippen LogP contribution < -0.4 is 40.0 Å². The van der Waals surface area contributed by atoms with Gasteiger partial charge in [0.25, 0.3) is 0 Å². The maximum atomic E-state index is 10.6. The molecular weight excluding hydrogens is 354 g/mol. The van der Waals surface area contributed by atoms with Crippen LogP contribution in [0.1, 0.15) is 78.1 Å². The first-order chi connectivity index (χ1) is 11.9. The Morgan fingerprint density at radius 3 is 1.92 bits per heavy atom. The molecular formula is C18H34N2Na2O4. The van der Waals surface area contributed by atoms with Crippen molar-refractivity contribution in [2.75, 3.05) is 13.1 Å². The van der Waals surface area contributed by atoms with Crippen molar-refractivity contribution in [2.45, 2.75) is 81.2 Å². The Kier molecular flexibility index (Phi) is 30.4. The molecule has 1 unspecified atom stereocenters. The summed E-state index contributed by atoms with van der Waals surface area (Å²) in [4.78, 5) is 23.3. The summed E-state index contributed by atoms with van der Waals surface area (Å²) in [6.07, 6.45) is 14.4. The second-order valence-corrected chi connectivity index (χ2v) is 7.73. The fourth-order valence-corrected chi connectivity index (χ4v) is 2.62. The molecule has 26 heavy (non-hydrogen) atoms. The largest absolute Gasteiger partial charge is 1.00 e. The van der Waals surface area contributed by atoms with E-state index in [4.69, 9.17) is 15.0 Å². The van der Waals surface area contributed by atoms with E-state index >= 15 is 0 Å². The first kappa shape index (κ1) is 31.1. The van der Waals surface area contributed by atoms with Crippen molar-refractivity contribution in [3.63, 3.8) is 0 Å². The molecule has 1 aliphatic heterocycles. The molecule has 0 saturated heterocycles. The summed E-state index contributed by atoms with van der Waals surface area (Å²) < 4.78 is -0.0236. The molecule has 0 saturated carbocycles. The van der Waals surface area contributed by atoms with Crippen LogP contribution in [-0.2, 0) is 9.59 Å². The first-order valence-corrected chi connectivity index (χ1v) is 10.7. The summed E-state index contributed by atoms with van der Waals surface area (Å²) in [6.45, 7) is 5.20. The number of carbonyl (C=O) groups excluding carboxylic acids is 1. The molecule has 0 amide bonds. The number of carboxylic acid groups (broad SMARTS) is 2. The van der Waals surface area contributed by atoms with Gasteiger partial charge in [-0.2, -0.15) is 0 Å². The molecule has 1 rings (SSSR count). The van der Waals surface area contributed by atoms with E-state index in [1.54, 1.807) is 6.34 Å². The average molecular weight is 388 g/mol. The molecule has 2 N–H and O–H groups in total. The molecule has 0 bridgehead atoms. The van der Waals surface area contributed by atoms with Crippen LogP contribution in [0.25, 0.3) is 0 Å². The number of hydrogen-bond acceptors (Lipinski definition) is 5. The van der Waals surface area contributed by atoms with Gasteiger partial charge in [0.15, 0.2) is 0 Å². The second-order valence-electron chi connectivity index (χ2n) is 6.34. The Bertz CT molecular complexity index is 346. The maximum Gasteiger partial charge on any atom is 1.00 e. The Balaban J connectivity index is -0.000000431. The Hall–Kier alpha value is 0.410. The number of unbranched alkanes of at least 4 members (excludes halogenated alkanes) is 8. The number of hydrogen-bond donors (Lipinski definition) is 2. The number of nitrogens with one attached hydrogen (secondary N) is 1. The van der Waals surface area contributed by atoms with Gasteiger partial charge < -0.3 is 15.2 Å². The number of carboxylic acids is 2. The van der Waals surface area contributed by atoms with Gasteiger partial charge >= 0.3 is 148 Å². The van der Waals surface area contributed by atoms with Gasteiger partial charge in [-0.1, -0.05) is 0 Å². The topological polar surface area (TPSA) is 102 Å². The summed E-state index contributed by atoms with van der Waals surface area (Å²) in [5.41, 5.74) is 0. The number of rotatable bonds is 11. The van der Waals surface area contributed by atoms with Crippen LogP contribution in [0.5, 0.6) is 0 Å². The van der Waals surface area contributed by atoms with Crippen molar-refractivity contribution in [1.82, 2.24) is 5.32 Å². The van der Waals surface area contributed by atoms with Crippen LogP contribution in [0, 0.1) is 0 Å². The first-order valence-electron chi connectivity index (χ1n) is 9.53. The molecule has 8 heteroatoms. The van der Waals surface area contributed by atoms with Crippen molar-refractivity contribution in [1.29, 1.82) is 0 Å². The molecule has 6 nitrogen and oxygen atoms in total. The second kappa shape index (κ2) is 25.4. The third kappa shape index (κ3) is 32.1. The quantitative estimate of drug-likeness (QED) is 0.361. The van der Waals surface area contributed by atoms with Gasteiger partial charge in [-0.3, -0.25) is 4.99 Å². The van der Waals surface area contributed by atoms with Gasteiger partial charge in [-0.05, 0) is 6.92 Å². The predicted octanol–water partition coefficient (Wildman–Crippen LogP) is -0.673. The van der Waals surface area contributed by atoms with Crippen molar-refractivity contribution >= 4 is 46.2 Å². The minimum atomic E-state index is -1.08. The third-order valence-corrected chi connectivity index (χ3v) is 4.80. The fourth-order valence-electron chi connectivity index (χ4n) is 2.21. The van der Waals surface area contributed by atoms with Crippen LogP contribution in [0.3, 0.4) is 0 Å². The Morgan fingerprint density at radius 2 is 1.62 bits per heavy atom. The SMILES string of the molecule is C1=NCCN1.CC(=O)[O-].CCCCCCCCCCC[CH]([Na])C(=O)O.[Na+]. The van der Waals surface area contributed by atoms with E-state index in [1.165, 1.54) is 51.4 Å². The van der Waals surface area contributed by atoms with Gasteiger partial charge in [0.05, 0.1) is 12.9 Å². The van der Waals surface area contributed by atoms with E-state index < -0.39 is 11.9 Å². The van der Waals surface area contributed by atoms with Crippen LogP contribution in [0.2, 0.25) is 3.17 Å². The van der Waals surface area contributed by atoms with Crippen LogP contribution in [0.4, 0.5) is 0 Å². The Morgan fingerprint density at radius 1 is 1.15 bits per heavy atom. The van der Waals surface area contributed by atoms with Gasteiger partial charge in [0.2, 0.25) is 0 Å². The van der Waals surface area contributed by atoms with E-state index in [0.717, 1.165) is 60.8 Å². The van der Waals surface area contributed by atoms with E-state index in [9.17, 15) is 4.79 Å². The zero-order valence-electron chi connectivity index (χ0n) is 17.3. The van der Waals surface area contributed by atoms with Gasteiger partial charge in [0, 0.05) is 12.5 Å². The average Bonchev–Trinajstić information content (AvgIpc) is 3.12. The van der Waals surface area contributed by atoms with Crippen molar-refractivity contribution in [3.05, 3.63) is 0 Å².